The van der Waals surface area contributed by atoms with Gasteiger partial charge in [-0.25, -0.2) is 0 Å². The topological polar surface area (TPSA) is 90.9 Å². The van der Waals surface area contributed by atoms with Crippen molar-refractivity contribution in [2.75, 3.05) is 17.6 Å². The van der Waals surface area contributed by atoms with Crippen molar-refractivity contribution in [2.45, 2.75) is 33.7 Å². The van der Waals surface area contributed by atoms with Crippen molar-refractivity contribution >= 4 is 27.9 Å². The minimum atomic E-state index is -0.230. The molecule has 0 saturated carbocycles. The van der Waals surface area contributed by atoms with Crippen molar-refractivity contribution in [3.63, 3.8) is 0 Å². The van der Waals surface area contributed by atoms with E-state index in [0.29, 0.717) is 27.9 Å². The van der Waals surface area contributed by atoms with Gasteiger partial charge in [-0.2, -0.15) is 5.26 Å². The summed E-state index contributed by atoms with van der Waals surface area (Å²) in [6.45, 7) is 8.58. The molecule has 0 fully saturated rings. The van der Waals surface area contributed by atoms with E-state index in [-0.39, 0.29) is 17.6 Å². The Bertz CT molecular complexity index is 501. The van der Waals surface area contributed by atoms with E-state index >= 15 is 0 Å². The molecule has 1 amide bonds. The minimum Gasteiger partial charge on any atom is -0.396 e. The smallest absolute Gasteiger partial charge is 0.263 e. The lowest BCUT2D eigenvalue weighted by Gasteiger charge is -2.17. The maximum atomic E-state index is 11.8. The Kier molecular flexibility index (Phi) is 5.19. The van der Waals surface area contributed by atoms with Crippen molar-refractivity contribution in [3.8, 4) is 6.07 Å². The zero-order valence-corrected chi connectivity index (χ0v) is 12.5. The molecule has 4 N–H and O–H groups in total. The molecule has 0 spiro atoms. The van der Waals surface area contributed by atoms with Crippen LogP contribution in [0.1, 0.15) is 42.9 Å². The van der Waals surface area contributed by atoms with Crippen LogP contribution < -0.4 is 16.4 Å². The van der Waals surface area contributed by atoms with Gasteiger partial charge in [-0.15, -0.1) is 11.3 Å². The summed E-state index contributed by atoms with van der Waals surface area (Å²) in [7, 11) is 0. The molecule has 0 saturated heterocycles. The fraction of sp³-hybridized carbons (Fsp3) is 0.538. The maximum Gasteiger partial charge on any atom is 0.263 e. The molecule has 1 aromatic heterocycles. The van der Waals surface area contributed by atoms with Crippen LogP contribution in [-0.4, -0.2) is 18.5 Å². The first kappa shape index (κ1) is 15.3. The van der Waals surface area contributed by atoms with E-state index in [0.717, 1.165) is 0 Å². The summed E-state index contributed by atoms with van der Waals surface area (Å²) in [5, 5.41) is 15.8. The molecule has 0 radical (unpaired) electrons. The molecular formula is C13H20N4OS. The molecular weight excluding hydrogens is 260 g/mol. The Morgan fingerprint density at radius 3 is 2.58 bits per heavy atom. The van der Waals surface area contributed by atoms with Crippen LogP contribution in [-0.2, 0) is 0 Å². The molecule has 6 heteroatoms. The number of amides is 1. The zero-order chi connectivity index (χ0) is 14.6. The number of nitrogens with one attached hydrogen (secondary N) is 2. The lowest BCUT2D eigenvalue weighted by molar-refractivity contribution is 0.0960. The molecule has 0 aliphatic rings. The van der Waals surface area contributed by atoms with Crippen molar-refractivity contribution in [2.24, 2.45) is 5.92 Å². The van der Waals surface area contributed by atoms with Crippen LogP contribution >= 0.6 is 11.3 Å². The number of nitrogen functional groups attached to an aromatic ring is 1. The molecule has 19 heavy (non-hydrogen) atoms. The molecule has 0 aliphatic carbocycles. The average molecular weight is 280 g/mol. The number of thiophene rings is 1. The fourth-order valence-electron chi connectivity index (χ4n) is 1.44. The summed E-state index contributed by atoms with van der Waals surface area (Å²) in [6, 6.07) is 2.27. The van der Waals surface area contributed by atoms with Gasteiger partial charge in [0.2, 0.25) is 0 Å². The van der Waals surface area contributed by atoms with Crippen molar-refractivity contribution in [1.82, 2.24) is 5.32 Å². The first-order valence-corrected chi connectivity index (χ1v) is 7.11. The van der Waals surface area contributed by atoms with Gasteiger partial charge in [0.15, 0.2) is 0 Å². The average Bonchev–Trinajstić information content (AvgIpc) is 2.65. The third-order valence-corrected chi connectivity index (χ3v) is 4.09. The highest BCUT2D eigenvalue weighted by Crippen LogP contribution is 2.35. The highest BCUT2D eigenvalue weighted by atomic mass is 32.1. The highest BCUT2D eigenvalue weighted by Gasteiger charge is 2.22. The van der Waals surface area contributed by atoms with Gasteiger partial charge in [0.1, 0.15) is 21.5 Å². The number of nitrogens with zero attached hydrogens (tertiary/aromatic N) is 1. The maximum absolute atomic E-state index is 11.8. The Morgan fingerprint density at radius 2 is 2.11 bits per heavy atom. The molecule has 0 aliphatic heterocycles. The molecule has 1 unspecified atom stereocenters. The third-order valence-electron chi connectivity index (χ3n) is 2.96. The summed E-state index contributed by atoms with van der Waals surface area (Å²) in [4.78, 5) is 12.2. The van der Waals surface area contributed by atoms with E-state index in [1.54, 1.807) is 0 Å². The molecule has 1 heterocycles. The third kappa shape index (κ3) is 3.38. The summed E-state index contributed by atoms with van der Waals surface area (Å²) in [5.41, 5.74) is 6.51. The first-order chi connectivity index (χ1) is 8.92. The van der Waals surface area contributed by atoms with Crippen LogP contribution in [0.4, 0.5) is 10.7 Å². The molecule has 1 aromatic rings. The quantitative estimate of drug-likeness (QED) is 0.772. The van der Waals surface area contributed by atoms with Crippen LogP contribution in [0.2, 0.25) is 0 Å². The zero-order valence-electron chi connectivity index (χ0n) is 11.7. The van der Waals surface area contributed by atoms with Gasteiger partial charge in [0.25, 0.3) is 5.91 Å². The molecule has 0 bridgehead atoms. The van der Waals surface area contributed by atoms with Crippen LogP contribution in [0.5, 0.6) is 0 Å². The van der Waals surface area contributed by atoms with E-state index in [2.05, 4.69) is 30.6 Å². The summed E-state index contributed by atoms with van der Waals surface area (Å²) in [5.74, 6) is 0.189. The number of rotatable bonds is 5. The van der Waals surface area contributed by atoms with Gasteiger partial charge < -0.3 is 16.4 Å². The monoisotopic (exact) mass is 280 g/mol. The predicted molar refractivity (Wildman–Crippen MR) is 79.4 cm³/mol. The van der Waals surface area contributed by atoms with E-state index in [9.17, 15) is 10.1 Å². The Balaban J connectivity index is 3.10. The summed E-state index contributed by atoms with van der Waals surface area (Å²) < 4.78 is 0. The SMILES string of the molecule is CCNC(=O)c1sc(NC(C)C(C)C)c(C#N)c1N. The Hall–Kier alpha value is -1.74. The van der Waals surface area contributed by atoms with E-state index in [1.165, 1.54) is 11.3 Å². The van der Waals surface area contributed by atoms with Gasteiger partial charge in [-0.1, -0.05) is 13.8 Å². The molecule has 5 nitrogen and oxygen atoms in total. The van der Waals surface area contributed by atoms with Gasteiger partial charge >= 0.3 is 0 Å². The van der Waals surface area contributed by atoms with Gasteiger partial charge in [0, 0.05) is 12.6 Å². The Labute approximate surface area is 117 Å². The van der Waals surface area contributed by atoms with Gasteiger partial charge in [-0.3, -0.25) is 4.79 Å². The minimum absolute atomic E-state index is 0.201. The number of anilines is 2. The van der Waals surface area contributed by atoms with E-state index in [1.807, 2.05) is 13.8 Å². The molecule has 0 aromatic carbocycles. The molecule has 1 atom stereocenters. The van der Waals surface area contributed by atoms with Crippen molar-refractivity contribution < 1.29 is 4.79 Å². The first-order valence-electron chi connectivity index (χ1n) is 6.29. The van der Waals surface area contributed by atoms with Crippen LogP contribution in [0.25, 0.3) is 0 Å². The second kappa shape index (κ2) is 6.43. The standard InChI is InChI=1S/C13H20N4OS/c1-5-16-12(18)11-10(15)9(6-14)13(19-11)17-8(4)7(2)3/h7-8,17H,5,15H2,1-4H3,(H,16,18). The largest absolute Gasteiger partial charge is 0.396 e. The normalized spacial score (nSPS) is 12.0. The lowest BCUT2D eigenvalue weighted by atomic mass is 10.1. The Morgan fingerprint density at radius 1 is 1.47 bits per heavy atom. The number of nitrogens with two attached hydrogens (primary N) is 1. The van der Waals surface area contributed by atoms with Gasteiger partial charge in [0.05, 0.1) is 5.69 Å². The number of nitriles is 1. The number of carbonyl (C=O) groups is 1. The molecule has 104 valence electrons. The second-order valence-electron chi connectivity index (χ2n) is 4.70. The van der Waals surface area contributed by atoms with Crippen LogP contribution in [0.3, 0.4) is 0 Å². The van der Waals surface area contributed by atoms with E-state index in [4.69, 9.17) is 5.73 Å². The summed E-state index contributed by atoms with van der Waals surface area (Å²) >= 11 is 1.23. The van der Waals surface area contributed by atoms with E-state index < -0.39 is 0 Å². The van der Waals surface area contributed by atoms with Crippen LogP contribution in [0, 0.1) is 17.2 Å². The molecule has 1 rings (SSSR count). The van der Waals surface area contributed by atoms with Gasteiger partial charge in [-0.05, 0) is 19.8 Å². The number of carbonyl (C=O) groups excluding carboxylic acids is 1. The fourth-order valence-corrected chi connectivity index (χ4v) is 2.52. The second-order valence-corrected chi connectivity index (χ2v) is 5.72. The summed E-state index contributed by atoms with van der Waals surface area (Å²) in [6.07, 6.45) is 0. The van der Waals surface area contributed by atoms with Crippen molar-refractivity contribution in [3.05, 3.63) is 10.4 Å². The highest BCUT2D eigenvalue weighted by molar-refractivity contribution is 7.18. The lowest BCUT2D eigenvalue weighted by Crippen LogP contribution is -2.22. The van der Waals surface area contributed by atoms with Crippen molar-refractivity contribution in [1.29, 1.82) is 5.26 Å². The number of hydrogen-bond acceptors (Lipinski definition) is 5. The van der Waals surface area contributed by atoms with Crippen LogP contribution in [0.15, 0.2) is 0 Å². The predicted octanol–water partition coefficient (Wildman–Crippen LogP) is 2.41. The number of hydrogen-bond donors (Lipinski definition) is 3.